The van der Waals surface area contributed by atoms with E-state index in [-0.39, 0.29) is 19.1 Å². The van der Waals surface area contributed by atoms with Gasteiger partial charge in [0.2, 0.25) is 0 Å². The van der Waals surface area contributed by atoms with Crippen molar-refractivity contribution in [3.8, 4) is 0 Å². The molecule has 1 saturated carbocycles. The fraction of sp³-hybridized carbons (Fsp3) is 0.789. The maximum Gasteiger partial charge on any atom is 0.324 e. The van der Waals surface area contributed by atoms with Gasteiger partial charge in [0.15, 0.2) is 5.41 Å². The molecular weight excluding hydrogens is 308 g/mol. The van der Waals surface area contributed by atoms with Crippen LogP contribution in [0.1, 0.15) is 66.2 Å². The topological polar surface area (TPSA) is 72.8 Å². The standard InChI is InChI=1S/C19H32O5/c1-5-9-10-12-18(22,6-2)13-11-15-14-19(15,16(20)23-7-3)17(21)24-8-4/h11,13,15,22H,5-10,12,14H2,1-4H3. The first kappa shape index (κ1) is 20.7. The number of esters is 2. The van der Waals surface area contributed by atoms with E-state index in [0.717, 1.165) is 19.3 Å². The summed E-state index contributed by atoms with van der Waals surface area (Å²) >= 11 is 0. The number of unbranched alkanes of at least 4 members (excludes halogenated alkanes) is 2. The Morgan fingerprint density at radius 3 is 2.17 bits per heavy atom. The molecule has 1 fully saturated rings. The van der Waals surface area contributed by atoms with Gasteiger partial charge < -0.3 is 14.6 Å². The Labute approximate surface area is 145 Å². The molecule has 2 unspecified atom stereocenters. The monoisotopic (exact) mass is 340 g/mol. The number of carbonyl (C=O) groups is 2. The maximum atomic E-state index is 12.2. The van der Waals surface area contributed by atoms with E-state index in [1.807, 2.05) is 6.92 Å². The summed E-state index contributed by atoms with van der Waals surface area (Å²) in [5.74, 6) is -1.31. The molecule has 5 nitrogen and oxygen atoms in total. The van der Waals surface area contributed by atoms with Gasteiger partial charge in [0.1, 0.15) is 0 Å². The molecule has 0 radical (unpaired) electrons. The lowest BCUT2D eigenvalue weighted by atomic mass is 9.92. The first-order chi connectivity index (χ1) is 11.4. The molecule has 2 atom stereocenters. The summed E-state index contributed by atoms with van der Waals surface area (Å²) in [5, 5.41) is 10.7. The SMILES string of the molecule is CCCCCC(O)(C=CC1CC1(C(=O)OCC)C(=O)OCC)CC. The van der Waals surface area contributed by atoms with Crippen LogP contribution in [0.2, 0.25) is 0 Å². The van der Waals surface area contributed by atoms with Crippen molar-refractivity contribution in [1.82, 2.24) is 0 Å². The number of ether oxygens (including phenoxy) is 2. The van der Waals surface area contributed by atoms with E-state index < -0.39 is 23.0 Å². The Morgan fingerprint density at radius 1 is 1.12 bits per heavy atom. The molecule has 138 valence electrons. The van der Waals surface area contributed by atoms with E-state index in [2.05, 4.69) is 6.92 Å². The molecule has 0 heterocycles. The van der Waals surface area contributed by atoms with E-state index in [4.69, 9.17) is 9.47 Å². The number of hydrogen-bond donors (Lipinski definition) is 1. The molecule has 0 aromatic heterocycles. The van der Waals surface area contributed by atoms with Crippen molar-refractivity contribution in [3.05, 3.63) is 12.2 Å². The second-order valence-electron chi connectivity index (χ2n) is 6.50. The zero-order valence-corrected chi connectivity index (χ0v) is 15.5. The Bertz CT molecular complexity index is 439. The lowest BCUT2D eigenvalue weighted by molar-refractivity contribution is -0.164. The number of allylic oxidation sites excluding steroid dienone is 1. The van der Waals surface area contributed by atoms with E-state index in [9.17, 15) is 14.7 Å². The average molecular weight is 340 g/mol. The summed E-state index contributed by atoms with van der Waals surface area (Å²) < 4.78 is 10.1. The van der Waals surface area contributed by atoms with Crippen LogP contribution in [0.4, 0.5) is 0 Å². The molecule has 0 saturated heterocycles. The largest absolute Gasteiger partial charge is 0.465 e. The summed E-state index contributed by atoms with van der Waals surface area (Å²) in [7, 11) is 0. The molecule has 5 heteroatoms. The highest BCUT2D eigenvalue weighted by Gasteiger charge is 2.67. The quantitative estimate of drug-likeness (QED) is 0.270. The lowest BCUT2D eigenvalue weighted by Crippen LogP contribution is -2.32. The normalized spacial score (nSPS) is 21.3. The van der Waals surface area contributed by atoms with Crippen LogP contribution in [-0.2, 0) is 19.1 Å². The summed E-state index contributed by atoms with van der Waals surface area (Å²) in [6, 6.07) is 0. The first-order valence-corrected chi connectivity index (χ1v) is 9.16. The van der Waals surface area contributed by atoms with E-state index in [1.165, 1.54) is 0 Å². The van der Waals surface area contributed by atoms with Crippen LogP contribution in [0.5, 0.6) is 0 Å². The highest BCUT2D eigenvalue weighted by molar-refractivity contribution is 6.04. The predicted molar refractivity (Wildman–Crippen MR) is 92.3 cm³/mol. The fourth-order valence-electron chi connectivity index (χ4n) is 2.95. The second-order valence-corrected chi connectivity index (χ2v) is 6.50. The second kappa shape index (κ2) is 9.21. The summed E-state index contributed by atoms with van der Waals surface area (Å²) in [5.41, 5.74) is -2.10. The highest BCUT2D eigenvalue weighted by Crippen LogP contribution is 2.55. The van der Waals surface area contributed by atoms with E-state index in [1.54, 1.807) is 26.0 Å². The minimum absolute atomic E-state index is 0.229. The van der Waals surface area contributed by atoms with Crippen molar-refractivity contribution in [1.29, 1.82) is 0 Å². The number of carbonyl (C=O) groups excluding carboxylic acids is 2. The van der Waals surface area contributed by atoms with Gasteiger partial charge in [-0.3, -0.25) is 9.59 Å². The van der Waals surface area contributed by atoms with Gasteiger partial charge in [0, 0.05) is 5.92 Å². The lowest BCUT2D eigenvalue weighted by Gasteiger charge is -2.23. The molecule has 0 amide bonds. The minimum atomic E-state index is -1.22. The third-order valence-corrected chi connectivity index (χ3v) is 4.76. The van der Waals surface area contributed by atoms with E-state index >= 15 is 0 Å². The van der Waals surface area contributed by atoms with Crippen LogP contribution >= 0.6 is 0 Å². The van der Waals surface area contributed by atoms with Gasteiger partial charge in [-0.2, -0.15) is 0 Å². The third kappa shape index (κ3) is 4.82. The molecule has 0 aromatic carbocycles. The van der Waals surface area contributed by atoms with Gasteiger partial charge >= 0.3 is 11.9 Å². The molecular formula is C19H32O5. The fourth-order valence-corrected chi connectivity index (χ4v) is 2.95. The van der Waals surface area contributed by atoms with Crippen molar-refractivity contribution < 1.29 is 24.2 Å². The van der Waals surface area contributed by atoms with Crippen molar-refractivity contribution in [2.45, 2.75) is 71.8 Å². The Kier molecular flexibility index (Phi) is 7.94. The molecule has 1 rings (SSSR count). The van der Waals surface area contributed by atoms with Gasteiger partial charge in [0.05, 0.1) is 18.8 Å². The van der Waals surface area contributed by atoms with Gasteiger partial charge in [-0.25, -0.2) is 0 Å². The molecule has 1 aliphatic carbocycles. The molecule has 0 bridgehead atoms. The van der Waals surface area contributed by atoms with Crippen LogP contribution < -0.4 is 0 Å². The smallest absolute Gasteiger partial charge is 0.324 e. The van der Waals surface area contributed by atoms with E-state index in [0.29, 0.717) is 19.3 Å². The highest BCUT2D eigenvalue weighted by atomic mass is 16.6. The van der Waals surface area contributed by atoms with Crippen LogP contribution in [0.25, 0.3) is 0 Å². The number of rotatable bonds is 11. The summed E-state index contributed by atoms with van der Waals surface area (Å²) in [6.07, 6.45) is 8.36. The molecule has 0 aromatic rings. The average Bonchev–Trinajstić information content (AvgIpc) is 3.30. The van der Waals surface area contributed by atoms with Crippen molar-refractivity contribution in [2.75, 3.05) is 13.2 Å². The summed E-state index contributed by atoms with van der Waals surface area (Å²) in [6.45, 7) is 7.95. The number of aliphatic hydroxyl groups is 1. The summed E-state index contributed by atoms with van der Waals surface area (Å²) in [4.78, 5) is 24.5. The zero-order valence-electron chi connectivity index (χ0n) is 15.5. The molecule has 1 aliphatic rings. The number of hydrogen-bond acceptors (Lipinski definition) is 5. The Balaban J connectivity index is 2.81. The van der Waals surface area contributed by atoms with Gasteiger partial charge in [-0.1, -0.05) is 45.3 Å². The predicted octanol–water partition coefficient (Wildman–Crippen LogP) is 3.40. The van der Waals surface area contributed by atoms with Crippen LogP contribution in [0.15, 0.2) is 12.2 Å². The van der Waals surface area contributed by atoms with Crippen LogP contribution in [0.3, 0.4) is 0 Å². The van der Waals surface area contributed by atoms with Crippen molar-refractivity contribution >= 4 is 11.9 Å². The molecule has 24 heavy (non-hydrogen) atoms. The molecule has 0 spiro atoms. The third-order valence-electron chi connectivity index (χ3n) is 4.76. The zero-order chi connectivity index (χ0) is 18.2. The first-order valence-electron chi connectivity index (χ1n) is 9.16. The Hall–Kier alpha value is -1.36. The van der Waals surface area contributed by atoms with Crippen molar-refractivity contribution in [2.24, 2.45) is 11.3 Å². The minimum Gasteiger partial charge on any atom is -0.465 e. The van der Waals surface area contributed by atoms with Gasteiger partial charge in [-0.05, 0) is 33.1 Å². The molecule has 0 aliphatic heterocycles. The Morgan fingerprint density at radius 2 is 1.71 bits per heavy atom. The maximum absolute atomic E-state index is 12.2. The van der Waals surface area contributed by atoms with Gasteiger partial charge in [0.25, 0.3) is 0 Å². The van der Waals surface area contributed by atoms with Gasteiger partial charge in [-0.15, -0.1) is 0 Å². The molecule has 1 N–H and O–H groups in total. The van der Waals surface area contributed by atoms with Crippen molar-refractivity contribution in [3.63, 3.8) is 0 Å². The van der Waals surface area contributed by atoms with Crippen LogP contribution in [-0.4, -0.2) is 35.9 Å². The van der Waals surface area contributed by atoms with Crippen LogP contribution in [0, 0.1) is 11.3 Å².